The maximum Gasteiger partial charge on any atom is 0.240 e. The zero-order valence-corrected chi connectivity index (χ0v) is 13.8. The lowest BCUT2D eigenvalue weighted by Gasteiger charge is -2.31. The summed E-state index contributed by atoms with van der Waals surface area (Å²) in [6, 6.07) is 4.60. The van der Waals surface area contributed by atoms with Crippen LogP contribution < -0.4 is 4.72 Å². The number of hydrogen-bond donors (Lipinski definition) is 1. The number of carbonyl (C=O) groups excluding carboxylic acids is 1. The summed E-state index contributed by atoms with van der Waals surface area (Å²) in [7, 11) is -3.67. The maximum atomic E-state index is 12.8. The number of hydrogen-bond acceptors (Lipinski definition) is 4. The molecule has 1 heterocycles. The first-order valence-corrected chi connectivity index (χ1v) is 9.01. The predicted molar refractivity (Wildman–Crippen MR) is 82.8 cm³/mol. The molecule has 128 valence electrons. The van der Waals surface area contributed by atoms with Crippen LogP contribution in [0.2, 0.25) is 0 Å². The second-order valence-corrected chi connectivity index (χ2v) is 7.24. The van der Waals surface area contributed by atoms with Gasteiger partial charge in [-0.25, -0.2) is 17.5 Å². The molecule has 0 bridgehead atoms. The highest BCUT2D eigenvalue weighted by molar-refractivity contribution is 7.89. The molecule has 1 aromatic carbocycles. The van der Waals surface area contributed by atoms with Crippen molar-refractivity contribution in [3.05, 3.63) is 30.1 Å². The summed E-state index contributed by atoms with van der Waals surface area (Å²) in [5.74, 6) is -0.490. The highest BCUT2D eigenvalue weighted by atomic mass is 32.2. The van der Waals surface area contributed by atoms with Crippen molar-refractivity contribution in [2.75, 3.05) is 26.2 Å². The molecule has 1 atom stereocenters. The Kier molecular flexibility index (Phi) is 6.09. The SMILES string of the molecule is CC1CN(C(=O)CCCNS(=O)(=O)c2ccc(F)cc2)CCO1. The largest absolute Gasteiger partial charge is 0.375 e. The van der Waals surface area contributed by atoms with Crippen molar-refractivity contribution in [3.8, 4) is 0 Å². The molecule has 1 fully saturated rings. The van der Waals surface area contributed by atoms with Gasteiger partial charge in [-0.3, -0.25) is 4.79 Å². The quantitative estimate of drug-likeness (QED) is 0.785. The van der Waals surface area contributed by atoms with E-state index in [1.807, 2.05) is 6.92 Å². The van der Waals surface area contributed by atoms with Crippen LogP contribution in [-0.4, -0.2) is 51.6 Å². The predicted octanol–water partition coefficient (Wildman–Crippen LogP) is 1.13. The number of rotatable bonds is 6. The second-order valence-electron chi connectivity index (χ2n) is 5.48. The summed E-state index contributed by atoms with van der Waals surface area (Å²) in [5, 5.41) is 0. The molecule has 0 aliphatic carbocycles. The fourth-order valence-electron chi connectivity index (χ4n) is 2.35. The molecule has 1 N–H and O–H groups in total. The molecule has 6 nitrogen and oxygen atoms in total. The summed E-state index contributed by atoms with van der Waals surface area (Å²) in [4.78, 5) is 13.8. The molecule has 0 aromatic heterocycles. The van der Waals surface area contributed by atoms with Gasteiger partial charge in [0.15, 0.2) is 0 Å². The van der Waals surface area contributed by atoms with E-state index in [1.54, 1.807) is 4.90 Å². The first-order chi connectivity index (χ1) is 10.9. The number of nitrogens with zero attached hydrogens (tertiary/aromatic N) is 1. The fourth-order valence-corrected chi connectivity index (χ4v) is 3.42. The topological polar surface area (TPSA) is 75.7 Å². The summed E-state index contributed by atoms with van der Waals surface area (Å²) in [5.41, 5.74) is 0. The lowest BCUT2D eigenvalue weighted by atomic mass is 10.2. The summed E-state index contributed by atoms with van der Waals surface area (Å²) in [6.07, 6.45) is 0.716. The van der Waals surface area contributed by atoms with Gasteiger partial charge in [0.2, 0.25) is 15.9 Å². The van der Waals surface area contributed by atoms with Gasteiger partial charge in [-0.15, -0.1) is 0 Å². The van der Waals surface area contributed by atoms with Gasteiger partial charge in [-0.05, 0) is 37.6 Å². The third-order valence-corrected chi connectivity index (χ3v) is 5.05. The van der Waals surface area contributed by atoms with E-state index in [0.717, 1.165) is 12.1 Å². The van der Waals surface area contributed by atoms with Crippen LogP contribution in [0.25, 0.3) is 0 Å². The van der Waals surface area contributed by atoms with Crippen molar-refractivity contribution >= 4 is 15.9 Å². The second kappa shape index (κ2) is 7.85. The van der Waals surface area contributed by atoms with Gasteiger partial charge in [0.1, 0.15) is 5.82 Å². The minimum absolute atomic E-state index is 0.00105. The molecule has 0 radical (unpaired) electrons. The van der Waals surface area contributed by atoms with Crippen molar-refractivity contribution in [2.45, 2.75) is 30.8 Å². The van der Waals surface area contributed by atoms with E-state index >= 15 is 0 Å². The van der Waals surface area contributed by atoms with E-state index < -0.39 is 15.8 Å². The zero-order valence-electron chi connectivity index (χ0n) is 13.0. The molecule has 0 saturated carbocycles. The van der Waals surface area contributed by atoms with Gasteiger partial charge < -0.3 is 9.64 Å². The molecule has 2 rings (SSSR count). The molecular weight excluding hydrogens is 323 g/mol. The molecule has 1 aromatic rings. The number of carbonyl (C=O) groups is 1. The first kappa shape index (κ1) is 17.8. The van der Waals surface area contributed by atoms with Gasteiger partial charge in [0.25, 0.3) is 0 Å². The van der Waals surface area contributed by atoms with Crippen molar-refractivity contribution in [2.24, 2.45) is 0 Å². The van der Waals surface area contributed by atoms with Crippen molar-refractivity contribution < 1.29 is 22.3 Å². The van der Waals surface area contributed by atoms with E-state index in [2.05, 4.69) is 4.72 Å². The minimum atomic E-state index is -3.67. The normalized spacial score (nSPS) is 18.9. The Hall–Kier alpha value is -1.51. The Morgan fingerprint density at radius 3 is 2.74 bits per heavy atom. The van der Waals surface area contributed by atoms with Gasteiger partial charge in [0, 0.05) is 26.1 Å². The molecule has 23 heavy (non-hydrogen) atoms. The van der Waals surface area contributed by atoms with Gasteiger partial charge in [-0.1, -0.05) is 0 Å². The Morgan fingerprint density at radius 2 is 2.09 bits per heavy atom. The Bertz CT molecular complexity index is 633. The van der Waals surface area contributed by atoms with E-state index in [4.69, 9.17) is 4.74 Å². The highest BCUT2D eigenvalue weighted by Gasteiger charge is 2.21. The average molecular weight is 344 g/mol. The molecule has 0 spiro atoms. The van der Waals surface area contributed by atoms with Crippen molar-refractivity contribution in [1.82, 2.24) is 9.62 Å². The number of amides is 1. The van der Waals surface area contributed by atoms with Crippen LogP contribution >= 0.6 is 0 Å². The Balaban J connectivity index is 1.76. The van der Waals surface area contributed by atoms with Crippen LogP contribution in [-0.2, 0) is 19.6 Å². The highest BCUT2D eigenvalue weighted by Crippen LogP contribution is 2.10. The standard InChI is InChI=1S/C15H21FN2O4S/c1-12-11-18(9-10-22-12)15(19)3-2-8-17-23(20,21)14-6-4-13(16)5-7-14/h4-7,12,17H,2-3,8-11H2,1H3. The maximum absolute atomic E-state index is 12.8. The Morgan fingerprint density at radius 1 is 1.39 bits per heavy atom. The fraction of sp³-hybridized carbons (Fsp3) is 0.533. The van der Waals surface area contributed by atoms with E-state index in [-0.39, 0.29) is 29.9 Å². The summed E-state index contributed by atoms with van der Waals surface area (Å²) < 4.78 is 44.6. The van der Waals surface area contributed by atoms with Crippen LogP contribution in [0.5, 0.6) is 0 Å². The third kappa shape index (κ3) is 5.26. The number of morpholine rings is 1. The monoisotopic (exact) mass is 344 g/mol. The van der Waals surface area contributed by atoms with Crippen LogP contribution in [0, 0.1) is 5.82 Å². The minimum Gasteiger partial charge on any atom is -0.375 e. The first-order valence-electron chi connectivity index (χ1n) is 7.53. The molecule has 1 amide bonds. The molecule has 8 heteroatoms. The Labute approximate surface area is 135 Å². The number of ether oxygens (including phenoxy) is 1. The third-order valence-electron chi connectivity index (χ3n) is 3.58. The average Bonchev–Trinajstić information content (AvgIpc) is 2.52. The number of benzene rings is 1. The molecule has 1 aliphatic heterocycles. The molecule has 1 unspecified atom stereocenters. The zero-order chi connectivity index (χ0) is 16.9. The van der Waals surface area contributed by atoms with Crippen LogP contribution in [0.1, 0.15) is 19.8 Å². The summed E-state index contributed by atoms with van der Waals surface area (Å²) >= 11 is 0. The van der Waals surface area contributed by atoms with E-state index in [9.17, 15) is 17.6 Å². The van der Waals surface area contributed by atoms with Crippen molar-refractivity contribution in [3.63, 3.8) is 0 Å². The van der Waals surface area contributed by atoms with E-state index in [1.165, 1.54) is 12.1 Å². The molecule has 1 saturated heterocycles. The number of halogens is 1. The van der Waals surface area contributed by atoms with Crippen LogP contribution in [0.3, 0.4) is 0 Å². The van der Waals surface area contributed by atoms with Gasteiger partial charge in [-0.2, -0.15) is 0 Å². The van der Waals surface area contributed by atoms with E-state index in [0.29, 0.717) is 26.1 Å². The van der Waals surface area contributed by atoms with Gasteiger partial charge >= 0.3 is 0 Å². The van der Waals surface area contributed by atoms with Crippen molar-refractivity contribution in [1.29, 1.82) is 0 Å². The lowest BCUT2D eigenvalue weighted by molar-refractivity contribution is -0.138. The number of sulfonamides is 1. The molecule has 1 aliphatic rings. The smallest absolute Gasteiger partial charge is 0.240 e. The summed E-state index contributed by atoms with van der Waals surface area (Å²) in [6.45, 7) is 3.75. The lowest BCUT2D eigenvalue weighted by Crippen LogP contribution is -2.44. The molecular formula is C15H21FN2O4S. The van der Waals surface area contributed by atoms with Crippen LogP contribution in [0.15, 0.2) is 29.2 Å². The van der Waals surface area contributed by atoms with Crippen LogP contribution in [0.4, 0.5) is 4.39 Å². The van der Waals surface area contributed by atoms with Gasteiger partial charge in [0.05, 0.1) is 17.6 Å². The number of nitrogens with one attached hydrogen (secondary N) is 1.